The number of aliphatic carboxylic acids is 1. The number of aromatic amines is 1. The van der Waals surface area contributed by atoms with Crippen molar-refractivity contribution in [3.05, 3.63) is 109 Å². The second-order valence-corrected chi connectivity index (χ2v) is 11.6. The van der Waals surface area contributed by atoms with E-state index >= 15 is 0 Å². The second-order valence-electron chi connectivity index (χ2n) is 9.93. The molecule has 2 aromatic heterocycles. The number of aromatic nitrogens is 3. The first-order valence-corrected chi connectivity index (χ1v) is 15.1. The van der Waals surface area contributed by atoms with Crippen molar-refractivity contribution in [2.45, 2.75) is 29.8 Å². The third-order valence-corrected chi connectivity index (χ3v) is 8.43. The molecule has 0 radical (unpaired) electrons. The molecule has 0 aliphatic carbocycles. The minimum absolute atomic E-state index is 0.135. The lowest BCUT2D eigenvalue weighted by molar-refractivity contribution is -0.145. The lowest BCUT2D eigenvalue weighted by Crippen LogP contribution is -2.65. The van der Waals surface area contributed by atoms with E-state index in [0.29, 0.717) is 29.7 Å². The zero-order chi connectivity index (χ0) is 30.3. The quantitative estimate of drug-likeness (QED) is 0.0983. The van der Waals surface area contributed by atoms with Crippen LogP contribution in [0.25, 0.3) is 22.0 Å². The molecule has 2 heterocycles. The summed E-state index contributed by atoms with van der Waals surface area (Å²) in [6.45, 7) is 0.464. The smallest absolute Gasteiger partial charge is 0.345 e. The third kappa shape index (κ3) is 7.05. The molecule has 0 bridgehead atoms. The van der Waals surface area contributed by atoms with Gasteiger partial charge in [0.25, 0.3) is 5.91 Å². The van der Waals surface area contributed by atoms with Gasteiger partial charge in [0, 0.05) is 23.7 Å². The Hall–Kier alpha value is -5.07. The summed E-state index contributed by atoms with van der Waals surface area (Å²) in [6.07, 6.45) is 3.72. The van der Waals surface area contributed by atoms with Crippen LogP contribution in [0.15, 0.2) is 108 Å². The number of unbranched alkanes of at least 4 members (excludes halogenated alkanes) is 1. The Morgan fingerprint density at radius 3 is 2.35 bits per heavy atom. The van der Waals surface area contributed by atoms with Gasteiger partial charge < -0.3 is 15.7 Å². The lowest BCUT2D eigenvalue weighted by Gasteiger charge is -2.31. The van der Waals surface area contributed by atoms with Crippen molar-refractivity contribution >= 4 is 38.6 Å². The number of carboxylic acids is 1. The van der Waals surface area contributed by atoms with Crippen molar-refractivity contribution in [2.75, 3.05) is 11.9 Å². The summed E-state index contributed by atoms with van der Waals surface area (Å²) >= 11 is 0. The van der Waals surface area contributed by atoms with Crippen LogP contribution in [0.5, 0.6) is 0 Å². The number of amides is 1. The van der Waals surface area contributed by atoms with Crippen LogP contribution in [0.1, 0.15) is 29.6 Å². The van der Waals surface area contributed by atoms with Crippen LogP contribution in [0.3, 0.4) is 0 Å². The number of carboxylic acid groups (broad SMARTS) is 1. The monoisotopic (exact) mass is 598 g/mol. The predicted molar refractivity (Wildman–Crippen MR) is 163 cm³/mol. The van der Waals surface area contributed by atoms with Crippen molar-refractivity contribution in [1.29, 1.82) is 0 Å². The molecular formula is C31H30N6O5S. The molecule has 1 atom stereocenters. The first-order valence-electron chi connectivity index (χ1n) is 13.6. The molecule has 3 aromatic carbocycles. The molecule has 43 heavy (non-hydrogen) atoms. The van der Waals surface area contributed by atoms with Gasteiger partial charge in [0.05, 0.1) is 16.6 Å². The Morgan fingerprint density at radius 1 is 0.884 bits per heavy atom. The molecule has 0 fully saturated rings. The number of sulfonamides is 1. The number of nitrogens with zero attached hydrogens (tertiary/aromatic N) is 2. The number of benzene rings is 3. The first-order chi connectivity index (χ1) is 20.8. The SMILES string of the molecule is O=C(NC(CCCCNc1ccccn1)(NS(=O)(=O)c1ccc(-c2ccccc2)cc1)C(=O)O)c1ccc2[nH]ncc2c1. The molecule has 11 nitrogen and oxygen atoms in total. The number of H-pyrrole nitrogens is 1. The Labute approximate surface area is 248 Å². The predicted octanol–water partition coefficient (Wildman–Crippen LogP) is 4.40. The molecule has 5 rings (SSSR count). The molecule has 0 aliphatic rings. The van der Waals surface area contributed by atoms with E-state index in [-0.39, 0.29) is 23.3 Å². The molecule has 1 unspecified atom stereocenters. The summed E-state index contributed by atoms with van der Waals surface area (Å²) in [5.41, 5.74) is 0.224. The number of rotatable bonds is 13. The average molecular weight is 599 g/mol. The molecule has 0 saturated heterocycles. The van der Waals surface area contributed by atoms with Crippen molar-refractivity contribution in [3.63, 3.8) is 0 Å². The summed E-state index contributed by atoms with van der Waals surface area (Å²) in [7, 11) is -4.39. The first kappa shape index (κ1) is 29.4. The van der Waals surface area contributed by atoms with Gasteiger partial charge in [0.15, 0.2) is 0 Å². The van der Waals surface area contributed by atoms with Gasteiger partial charge in [-0.25, -0.2) is 18.2 Å². The van der Waals surface area contributed by atoms with Gasteiger partial charge in [-0.2, -0.15) is 9.82 Å². The molecule has 220 valence electrons. The lowest BCUT2D eigenvalue weighted by atomic mass is 10.0. The molecule has 0 saturated carbocycles. The van der Waals surface area contributed by atoms with Gasteiger partial charge in [-0.3, -0.25) is 9.89 Å². The molecule has 5 N–H and O–H groups in total. The van der Waals surface area contributed by atoms with E-state index in [1.165, 1.54) is 24.4 Å². The fourth-order valence-corrected chi connectivity index (χ4v) is 5.95. The second kappa shape index (κ2) is 12.8. The van der Waals surface area contributed by atoms with Gasteiger partial charge in [-0.1, -0.05) is 48.5 Å². The summed E-state index contributed by atoms with van der Waals surface area (Å²) in [5, 5.41) is 23.4. The maximum atomic E-state index is 13.6. The van der Waals surface area contributed by atoms with Crippen LogP contribution in [-0.4, -0.2) is 52.8 Å². The Kier molecular flexibility index (Phi) is 8.79. The van der Waals surface area contributed by atoms with Crippen molar-refractivity contribution in [2.24, 2.45) is 0 Å². The van der Waals surface area contributed by atoms with E-state index in [0.717, 1.165) is 11.1 Å². The summed E-state index contributed by atoms with van der Waals surface area (Å²) in [4.78, 5) is 30.2. The standard InChI is InChI=1S/C31H30N6O5S/c38-29(24-13-16-27-25(20-24)21-34-36-27)35-31(30(39)40,17-5-7-19-33-28-10-4-6-18-32-28)37-43(41,42)26-14-11-23(12-15-26)22-8-2-1-3-9-22/h1-4,6,8-16,18,20-21,37H,5,7,17,19H2,(H,32,33)(H,34,36)(H,35,38)(H,39,40). The fraction of sp³-hybridized carbons (Fsp3) is 0.161. The topological polar surface area (TPSA) is 166 Å². The van der Waals surface area contributed by atoms with E-state index in [1.807, 2.05) is 36.4 Å². The van der Waals surface area contributed by atoms with E-state index in [9.17, 15) is 23.1 Å². The number of hydrogen-bond acceptors (Lipinski definition) is 7. The van der Waals surface area contributed by atoms with E-state index in [1.54, 1.807) is 42.6 Å². The summed E-state index contributed by atoms with van der Waals surface area (Å²) in [5.74, 6) is -1.62. The number of hydrogen-bond donors (Lipinski definition) is 5. The molecule has 0 aliphatic heterocycles. The number of anilines is 1. The van der Waals surface area contributed by atoms with Gasteiger partial charge in [-0.15, -0.1) is 0 Å². The largest absolute Gasteiger partial charge is 0.478 e. The van der Waals surface area contributed by atoms with Crippen molar-refractivity contribution in [1.82, 2.24) is 25.2 Å². The van der Waals surface area contributed by atoms with Crippen LogP contribution >= 0.6 is 0 Å². The highest BCUT2D eigenvalue weighted by Crippen LogP contribution is 2.24. The molecule has 12 heteroatoms. The normalized spacial score (nSPS) is 12.8. The van der Waals surface area contributed by atoms with Gasteiger partial charge in [0.1, 0.15) is 5.82 Å². The Morgan fingerprint density at radius 2 is 1.63 bits per heavy atom. The van der Waals surface area contributed by atoms with E-state index < -0.39 is 27.6 Å². The Balaban J connectivity index is 1.38. The number of carbonyl (C=O) groups is 2. The highest BCUT2D eigenvalue weighted by Gasteiger charge is 2.44. The number of fused-ring (bicyclic) bond motifs is 1. The zero-order valence-electron chi connectivity index (χ0n) is 23.0. The minimum atomic E-state index is -4.39. The van der Waals surface area contributed by atoms with Crippen LogP contribution in [0, 0.1) is 0 Å². The molecular weight excluding hydrogens is 568 g/mol. The number of nitrogens with one attached hydrogen (secondary N) is 4. The molecule has 5 aromatic rings. The van der Waals surface area contributed by atoms with Crippen LogP contribution < -0.4 is 15.4 Å². The number of pyridine rings is 1. The van der Waals surface area contributed by atoms with Crippen molar-refractivity contribution < 1.29 is 23.1 Å². The van der Waals surface area contributed by atoms with Gasteiger partial charge >= 0.3 is 5.97 Å². The molecule has 0 spiro atoms. The molecule has 1 amide bonds. The van der Waals surface area contributed by atoms with Crippen LogP contribution in [-0.2, 0) is 14.8 Å². The van der Waals surface area contributed by atoms with Crippen LogP contribution in [0.4, 0.5) is 5.82 Å². The minimum Gasteiger partial charge on any atom is -0.478 e. The maximum absolute atomic E-state index is 13.6. The van der Waals surface area contributed by atoms with E-state index in [2.05, 4.69) is 30.5 Å². The van der Waals surface area contributed by atoms with Crippen molar-refractivity contribution in [3.8, 4) is 11.1 Å². The average Bonchev–Trinajstić information content (AvgIpc) is 3.50. The summed E-state index contributed by atoms with van der Waals surface area (Å²) < 4.78 is 29.5. The highest BCUT2D eigenvalue weighted by atomic mass is 32.2. The zero-order valence-corrected chi connectivity index (χ0v) is 23.8. The van der Waals surface area contributed by atoms with Crippen LogP contribution in [0.2, 0.25) is 0 Å². The van der Waals surface area contributed by atoms with Gasteiger partial charge in [0.2, 0.25) is 15.7 Å². The van der Waals surface area contributed by atoms with E-state index in [4.69, 9.17) is 0 Å². The Bertz CT molecular complexity index is 1810. The fourth-order valence-electron chi connectivity index (χ4n) is 4.64. The summed E-state index contributed by atoms with van der Waals surface area (Å²) in [6, 6.07) is 25.7. The highest BCUT2D eigenvalue weighted by molar-refractivity contribution is 7.89. The third-order valence-electron chi connectivity index (χ3n) is 6.92. The van der Waals surface area contributed by atoms with Gasteiger partial charge in [-0.05, 0) is 72.9 Å². The maximum Gasteiger partial charge on any atom is 0.345 e. The number of carbonyl (C=O) groups excluding carboxylic acids is 1.